The Morgan fingerprint density at radius 1 is 0.913 bits per heavy atom. The summed E-state index contributed by atoms with van der Waals surface area (Å²) in [7, 11) is 0. The minimum absolute atomic E-state index is 0.919. The number of hydrogen-bond donors (Lipinski definition) is 1. The van der Waals surface area contributed by atoms with E-state index in [9.17, 15) is 0 Å². The van der Waals surface area contributed by atoms with Gasteiger partial charge in [0.25, 0.3) is 0 Å². The zero-order valence-corrected chi connectivity index (χ0v) is 14.9. The van der Waals surface area contributed by atoms with Crippen LogP contribution in [0.3, 0.4) is 0 Å². The molecule has 23 heavy (non-hydrogen) atoms. The first-order valence-electron chi connectivity index (χ1n) is 8.58. The molecule has 1 heterocycles. The summed E-state index contributed by atoms with van der Waals surface area (Å²) in [4.78, 5) is 7.89. The summed E-state index contributed by atoms with van der Waals surface area (Å²) >= 11 is 0. The predicted octanol–water partition coefficient (Wildman–Crippen LogP) is 6.71. The number of fused-ring (bicyclic) bond motifs is 1. The zero-order valence-electron chi connectivity index (χ0n) is 14.9. The van der Waals surface area contributed by atoms with Crippen LogP contribution in [0.25, 0.3) is 28.2 Å². The fourth-order valence-corrected chi connectivity index (χ4v) is 2.15. The van der Waals surface area contributed by atoms with Crippen molar-refractivity contribution in [2.24, 2.45) is 0 Å². The minimum atomic E-state index is 0.919. The van der Waals surface area contributed by atoms with E-state index in [2.05, 4.69) is 65.4 Å². The van der Waals surface area contributed by atoms with Gasteiger partial charge in [0.1, 0.15) is 5.82 Å². The van der Waals surface area contributed by atoms with E-state index in [0.717, 1.165) is 23.3 Å². The fourth-order valence-electron chi connectivity index (χ4n) is 2.15. The summed E-state index contributed by atoms with van der Waals surface area (Å²) in [6.45, 7) is 10.1. The molecule has 0 atom stereocenters. The lowest BCUT2D eigenvalue weighted by molar-refractivity contribution is 1.22. The van der Waals surface area contributed by atoms with Crippen molar-refractivity contribution >= 4 is 17.1 Å². The second kappa shape index (κ2) is 10.4. The lowest BCUT2D eigenvalue weighted by Gasteiger charge is -2.00. The normalized spacial score (nSPS) is 9.96. The molecule has 1 N–H and O–H groups in total. The Balaban J connectivity index is 0.000000615. The van der Waals surface area contributed by atoms with Crippen LogP contribution >= 0.6 is 0 Å². The molecular weight excluding hydrogens is 280 g/mol. The summed E-state index contributed by atoms with van der Waals surface area (Å²) in [6.07, 6.45) is 5.16. The molecule has 0 fully saturated rings. The van der Waals surface area contributed by atoms with Gasteiger partial charge < -0.3 is 4.98 Å². The maximum atomic E-state index is 4.54. The van der Waals surface area contributed by atoms with E-state index >= 15 is 0 Å². The monoisotopic (exact) mass is 308 g/mol. The molecule has 2 aromatic carbocycles. The molecule has 0 aliphatic carbocycles. The smallest absolute Gasteiger partial charge is 0.130 e. The molecule has 3 aromatic rings. The van der Waals surface area contributed by atoms with E-state index in [0.29, 0.717) is 0 Å². The summed E-state index contributed by atoms with van der Waals surface area (Å²) in [6, 6.07) is 16.7. The Morgan fingerprint density at radius 3 is 2.26 bits per heavy atom. The molecule has 0 unspecified atom stereocenters. The van der Waals surface area contributed by atoms with Crippen molar-refractivity contribution in [3.8, 4) is 11.1 Å². The number of imidazole rings is 1. The van der Waals surface area contributed by atoms with E-state index < -0.39 is 0 Å². The average Bonchev–Trinajstić information content (AvgIpc) is 3.06. The summed E-state index contributed by atoms with van der Waals surface area (Å²) in [5.74, 6) is 0.919. The van der Waals surface area contributed by atoms with Crippen LogP contribution in [-0.2, 0) is 0 Å². The highest BCUT2D eigenvalue weighted by molar-refractivity contribution is 5.82. The van der Waals surface area contributed by atoms with E-state index in [1.165, 1.54) is 11.1 Å². The molecule has 0 aliphatic heterocycles. The van der Waals surface area contributed by atoms with Crippen LogP contribution in [-0.4, -0.2) is 9.97 Å². The molecule has 2 heteroatoms. The second-order valence-electron chi connectivity index (χ2n) is 4.53. The van der Waals surface area contributed by atoms with Crippen molar-refractivity contribution in [2.45, 2.75) is 41.0 Å². The molecule has 0 radical (unpaired) electrons. The van der Waals surface area contributed by atoms with Gasteiger partial charge in [-0.05, 0) is 35.8 Å². The van der Waals surface area contributed by atoms with Gasteiger partial charge in [-0.25, -0.2) is 4.98 Å². The van der Waals surface area contributed by atoms with Gasteiger partial charge in [0.2, 0.25) is 0 Å². The number of rotatable bonds is 3. The molecule has 0 bridgehead atoms. The molecule has 0 spiro atoms. The maximum absolute atomic E-state index is 4.54. The zero-order chi connectivity index (χ0) is 17.1. The van der Waals surface area contributed by atoms with Gasteiger partial charge in [0.15, 0.2) is 0 Å². The van der Waals surface area contributed by atoms with Crippen LogP contribution in [0.5, 0.6) is 0 Å². The Hall–Kier alpha value is -2.35. The first kappa shape index (κ1) is 18.7. The largest absolute Gasteiger partial charge is 0.338 e. The summed E-state index contributed by atoms with van der Waals surface area (Å²) < 4.78 is 0. The number of allylic oxidation sites excluding steroid dienone is 1. The lowest BCUT2D eigenvalue weighted by Crippen LogP contribution is -1.77. The second-order valence-corrected chi connectivity index (χ2v) is 4.53. The van der Waals surface area contributed by atoms with Crippen molar-refractivity contribution < 1.29 is 0 Å². The van der Waals surface area contributed by atoms with Crippen LogP contribution in [0.15, 0.2) is 54.6 Å². The van der Waals surface area contributed by atoms with Crippen molar-refractivity contribution in [2.75, 3.05) is 0 Å². The number of hydrogen-bond acceptors (Lipinski definition) is 1. The molecule has 0 amide bonds. The molecule has 122 valence electrons. The Bertz CT molecular complexity index is 709. The molecule has 1 aromatic heterocycles. The average molecular weight is 308 g/mol. The first-order chi connectivity index (χ1) is 11.4. The van der Waals surface area contributed by atoms with Gasteiger partial charge in [-0.1, -0.05) is 77.1 Å². The number of nitrogens with one attached hydrogen (secondary N) is 1. The number of H-pyrrole nitrogens is 1. The van der Waals surface area contributed by atoms with Crippen molar-refractivity contribution in [1.29, 1.82) is 0 Å². The summed E-state index contributed by atoms with van der Waals surface area (Å²) in [5, 5.41) is 0. The van der Waals surface area contributed by atoms with Crippen molar-refractivity contribution in [3.05, 3.63) is 60.4 Å². The van der Waals surface area contributed by atoms with Gasteiger partial charge >= 0.3 is 0 Å². The van der Waals surface area contributed by atoms with Gasteiger partial charge in [-0.15, -0.1) is 0 Å². The summed E-state index contributed by atoms with van der Waals surface area (Å²) in [5.41, 5.74) is 4.53. The van der Waals surface area contributed by atoms with Gasteiger partial charge in [0, 0.05) is 0 Å². The SMILES string of the molecule is CC.CC.CC/C=C/c1nc2ccc(-c3ccccc3)cc2[nH]1. The lowest BCUT2D eigenvalue weighted by atomic mass is 10.1. The van der Waals surface area contributed by atoms with Gasteiger partial charge in [-0.3, -0.25) is 0 Å². The third-order valence-corrected chi connectivity index (χ3v) is 3.12. The highest BCUT2D eigenvalue weighted by atomic mass is 14.9. The van der Waals surface area contributed by atoms with Crippen LogP contribution in [0, 0.1) is 0 Å². The third-order valence-electron chi connectivity index (χ3n) is 3.12. The Labute approximate surface area is 140 Å². The molecule has 3 rings (SSSR count). The first-order valence-corrected chi connectivity index (χ1v) is 8.58. The van der Waals surface area contributed by atoms with Gasteiger partial charge in [0.05, 0.1) is 11.0 Å². The maximum Gasteiger partial charge on any atom is 0.130 e. The van der Waals surface area contributed by atoms with E-state index in [1.807, 2.05) is 39.8 Å². The molecule has 0 saturated heterocycles. The molecular formula is C21H28N2. The van der Waals surface area contributed by atoms with Crippen LogP contribution in [0.1, 0.15) is 46.9 Å². The topological polar surface area (TPSA) is 28.7 Å². The van der Waals surface area contributed by atoms with Crippen LogP contribution < -0.4 is 0 Å². The van der Waals surface area contributed by atoms with E-state index in [1.54, 1.807) is 0 Å². The number of aromatic amines is 1. The van der Waals surface area contributed by atoms with Crippen molar-refractivity contribution in [3.63, 3.8) is 0 Å². The Kier molecular flexibility index (Phi) is 8.45. The molecule has 0 aliphatic rings. The van der Waals surface area contributed by atoms with E-state index in [4.69, 9.17) is 0 Å². The standard InChI is InChI=1S/C17H16N2.2C2H6/c1-2-3-9-17-18-15-11-10-14(12-16(15)19-17)13-7-5-4-6-8-13;2*1-2/h3-12H,2H2,1H3,(H,18,19);2*1-2H3/b9-3+;;. The highest BCUT2D eigenvalue weighted by Gasteiger charge is 2.03. The van der Waals surface area contributed by atoms with Crippen LogP contribution in [0.4, 0.5) is 0 Å². The number of aromatic nitrogens is 2. The molecule has 2 nitrogen and oxygen atoms in total. The fraction of sp³-hybridized carbons (Fsp3) is 0.286. The predicted molar refractivity (Wildman–Crippen MR) is 104 cm³/mol. The number of nitrogens with zero attached hydrogens (tertiary/aromatic N) is 1. The van der Waals surface area contributed by atoms with Crippen LogP contribution in [0.2, 0.25) is 0 Å². The number of benzene rings is 2. The van der Waals surface area contributed by atoms with Gasteiger partial charge in [-0.2, -0.15) is 0 Å². The van der Waals surface area contributed by atoms with Crippen molar-refractivity contribution in [1.82, 2.24) is 9.97 Å². The van der Waals surface area contributed by atoms with E-state index in [-0.39, 0.29) is 0 Å². The highest BCUT2D eigenvalue weighted by Crippen LogP contribution is 2.23. The Morgan fingerprint density at radius 2 is 1.61 bits per heavy atom. The third kappa shape index (κ3) is 5.10. The minimum Gasteiger partial charge on any atom is -0.338 e. The molecule has 0 saturated carbocycles. The quantitative estimate of drug-likeness (QED) is 0.572.